The van der Waals surface area contributed by atoms with E-state index in [0.717, 1.165) is 21.6 Å². The summed E-state index contributed by atoms with van der Waals surface area (Å²) in [5, 5.41) is 64.6. The summed E-state index contributed by atoms with van der Waals surface area (Å²) in [6.07, 6.45) is 0.743. The number of primary amides is 1. The number of nitrogens with zero attached hydrogens (tertiary/aromatic N) is 3. The Bertz CT molecular complexity index is 5290. The molecule has 22 N–H and O–H groups in total. The van der Waals surface area contributed by atoms with Crippen molar-refractivity contribution in [2.75, 3.05) is 90.0 Å². The van der Waals surface area contributed by atoms with E-state index in [-0.39, 0.29) is 314 Å². The maximum Gasteiger partial charge on any atom is 0.303 e. The van der Waals surface area contributed by atoms with Crippen molar-refractivity contribution >= 4 is 156 Å². The van der Waals surface area contributed by atoms with Gasteiger partial charge in [-0.25, -0.2) is 0 Å². The second-order valence-corrected chi connectivity index (χ2v) is 36.8. The number of fused-ring (bicyclic) bond motifs is 3. The minimum atomic E-state index is -1.81. The van der Waals surface area contributed by atoms with E-state index in [0.29, 0.717) is 49.6 Å². The molecule has 8 rings (SSSR count). The number of nitrogens with one attached hydrogen (secondary N) is 18. The molecule has 6 aromatic rings. The van der Waals surface area contributed by atoms with Gasteiger partial charge in [-0.05, 0) is 96.0 Å². The number of amides is 18. The van der Waals surface area contributed by atoms with E-state index in [1.807, 2.05) is 0 Å². The Balaban J connectivity index is 0.0000107. The van der Waals surface area contributed by atoms with Gasteiger partial charge in [-0.2, -0.15) is 0 Å². The molecule has 2 aromatic heterocycles. The van der Waals surface area contributed by atoms with Crippen molar-refractivity contribution in [3.05, 3.63) is 165 Å². The predicted molar refractivity (Wildman–Crippen MR) is 517 cm³/mol. The Kier molecular flexibility index (Phi) is 58.0. The molecule has 18 amide bonds. The molecule has 143 heavy (non-hydrogen) atoms. The molecular weight excluding hydrogens is 2470 g/mol. The van der Waals surface area contributed by atoms with Crippen LogP contribution in [0.15, 0.2) is 109 Å². The summed E-state index contributed by atoms with van der Waals surface area (Å²) in [6.45, 7) is 19.6. The average Bonchev–Trinajstić information content (AvgIpc) is 1.70. The second-order valence-electron chi connectivity index (χ2n) is 34.3. The molecule has 0 radical (unpaired) electrons. The fourth-order valence-corrected chi connectivity index (χ4v) is 17.9. The van der Waals surface area contributed by atoms with Gasteiger partial charge in [0.15, 0.2) is 0 Å². The van der Waals surface area contributed by atoms with E-state index >= 15 is 33.6 Å². The van der Waals surface area contributed by atoms with Crippen LogP contribution in [0.1, 0.15) is 107 Å². The van der Waals surface area contributed by atoms with Crippen molar-refractivity contribution < 1.29 is 261 Å². The van der Waals surface area contributed by atoms with Crippen molar-refractivity contribution in [3.63, 3.8) is 0 Å². The van der Waals surface area contributed by atoms with E-state index in [1.165, 1.54) is 29.2 Å². The maximum atomic E-state index is 15.7. The number of carbonyl (C=O) groups is 19. The topological polar surface area (TPSA) is 625 Å². The van der Waals surface area contributed by atoms with Gasteiger partial charge in [-0.1, -0.05) is 128 Å². The standard InChI is InChI=1S/C94H126N22O21S2.4Gd/c1-9-55(4)84(93(136)108-70(27-29-79(95)122)85(128)103-46-62-17-14-16-61(41-62)45-102-81(124)50-114(36-31-96-56(5)117)37-32-97-57(6)118)113-90(133)75(44-64-48-101-69-21-13-11-19-67(64)69)109-91(134)76-52-138-139-53-77(94(137)116-35-15-22-78(116)92(135)110-73(42-60-23-25-65(121)26-24-60)86(129)104-49-80(123)105-72(40-54(2)3)88(131)111-76)112-87(130)71(28-30-83(126)127)107-89(132)74(43-63-47-100-68-20-12-10-18-66(63)68)106-82(125)51-115(38-33-98-58(7)119)39-34-99-59(8)120;;;;/h10-14,16-21,23-26,41,47-48,54-55,70-78,84,100-101,121H,5-9,15,22,27-40,42-46,49-53H2,1-4H3,(H2,95,122)(H,96,117)(H,97,118)(H,98,119)(H,99,120)(H,102,124)(H,103,128)(H,104,129)(H,105,123)(H,106,125)(H,107,132)(H,108,136)(H,109,134)(H,110,135)(H,111,131)(H,112,130)(H,113,133)(H,126,127);;;;/q-4;;;;/t55?,70-,71-,72-,73-,74-,75-,76-,77-,78?,84-;;;;/m0..../s1. The molecule has 43 nitrogen and oxygen atoms in total. The van der Waals surface area contributed by atoms with Crippen LogP contribution in [0.3, 0.4) is 0 Å². The van der Waals surface area contributed by atoms with Crippen LogP contribution in [0.5, 0.6) is 5.75 Å². The van der Waals surface area contributed by atoms with E-state index in [1.54, 1.807) is 123 Å². The first-order valence-corrected chi connectivity index (χ1v) is 48.2. The Morgan fingerprint density at radius 1 is 0.531 bits per heavy atom. The zero-order valence-electron chi connectivity index (χ0n) is 79.5. The Hall–Kier alpha value is -8.91. The number of phenols is 1. The number of carbonyl (C=O) groups excluding carboxylic acids is 18. The first-order valence-electron chi connectivity index (χ1n) is 45.7. The van der Waals surface area contributed by atoms with Crippen LogP contribution in [0.25, 0.3) is 21.8 Å². The van der Waals surface area contributed by atoms with Gasteiger partial charge >= 0.3 is 5.97 Å². The Labute approximate surface area is 965 Å². The van der Waals surface area contributed by atoms with Crippen LogP contribution < -0.4 is 90.8 Å². The Morgan fingerprint density at radius 2 is 1.04 bits per heavy atom. The molecule has 0 saturated carbocycles. The van der Waals surface area contributed by atoms with Crippen LogP contribution in [-0.4, -0.2) is 298 Å². The zero-order valence-corrected chi connectivity index (χ0v) is 90.2. The second kappa shape index (κ2) is 65.6. The summed E-state index contributed by atoms with van der Waals surface area (Å²) in [5.41, 5.74) is 9.52. The van der Waals surface area contributed by atoms with E-state index in [4.69, 9.17) is 5.73 Å². The summed E-state index contributed by atoms with van der Waals surface area (Å²) >= 11 is 0. The summed E-state index contributed by atoms with van der Waals surface area (Å²) < 4.78 is 0. The number of para-hydroxylation sites is 2. The maximum absolute atomic E-state index is 15.7. The molecule has 2 saturated heterocycles. The molecule has 2 fully saturated rings. The van der Waals surface area contributed by atoms with Crippen molar-refractivity contribution in [3.8, 4) is 5.75 Å². The van der Waals surface area contributed by atoms with Crippen LogP contribution in [0.2, 0.25) is 0 Å². The van der Waals surface area contributed by atoms with Crippen molar-refractivity contribution in [1.82, 2.24) is 110 Å². The summed E-state index contributed by atoms with van der Waals surface area (Å²) in [7, 11) is 1.72. The molecule has 11 atom stereocenters. The number of hydrogen-bond donors (Lipinski definition) is 21. The third-order valence-corrected chi connectivity index (χ3v) is 25.4. The van der Waals surface area contributed by atoms with Gasteiger partial charge in [-0.15, -0.1) is 0 Å². The third-order valence-electron chi connectivity index (χ3n) is 23.0. The third kappa shape index (κ3) is 44.3. The fourth-order valence-electron chi connectivity index (χ4n) is 15.6. The number of aliphatic carboxylic acids is 1. The van der Waals surface area contributed by atoms with Crippen LogP contribution in [0.4, 0.5) is 0 Å². The van der Waals surface area contributed by atoms with Gasteiger partial charge in [0.25, 0.3) is 0 Å². The number of aromatic nitrogens is 2. The van der Waals surface area contributed by atoms with Gasteiger partial charge in [0, 0.05) is 310 Å². The molecule has 2 aliphatic heterocycles. The van der Waals surface area contributed by atoms with Gasteiger partial charge in [0.05, 0.1) is 43.3 Å². The predicted octanol–water partition coefficient (Wildman–Crippen LogP) is -2.19. The molecule has 2 aliphatic rings. The van der Waals surface area contributed by atoms with E-state index in [2.05, 4.69) is 123 Å². The summed E-state index contributed by atoms with van der Waals surface area (Å²) in [6, 6.07) is 11.0. The fraction of sp³-hybridized carbons (Fsp3) is 0.457. The first-order chi connectivity index (χ1) is 66.3. The first kappa shape index (κ1) is 126. The molecule has 49 heteroatoms. The van der Waals surface area contributed by atoms with Gasteiger partial charge in [0.2, 0.25) is 82.7 Å². The van der Waals surface area contributed by atoms with E-state index in [9.17, 15) is 67.7 Å². The molecule has 4 heterocycles. The molecule has 4 aromatic carbocycles. The minimum absolute atomic E-state index is 0. The van der Waals surface area contributed by atoms with Crippen LogP contribution >= 0.6 is 21.6 Å². The molecule has 786 valence electrons. The molecule has 0 spiro atoms. The van der Waals surface area contributed by atoms with Crippen LogP contribution in [-0.2, 0) is 123 Å². The Morgan fingerprint density at radius 3 is 1.58 bits per heavy atom. The summed E-state index contributed by atoms with van der Waals surface area (Å²) in [5.74, 6) is -17.9. The van der Waals surface area contributed by atoms with Crippen molar-refractivity contribution in [2.24, 2.45) is 17.6 Å². The molecular formula is C94H126Gd4N22O21S2-4. The monoisotopic (exact) mass is 2590 g/mol. The number of nitrogens with two attached hydrogens (primary N) is 1. The van der Waals surface area contributed by atoms with Gasteiger partial charge in [0.1, 0.15) is 66.2 Å². The zero-order chi connectivity index (χ0) is 101. The summed E-state index contributed by atoms with van der Waals surface area (Å²) in [4.78, 5) is 275. The SMILES string of the molecule is [CH2-]C(=O)NCCN(CCNC([CH2-])=O)CC(=O)NCc1cccc(CNC(=O)[C@H](CCC(N)=O)NC(=O)[C@@H](NC(=O)[C@H](Cc2c[nH]c3ccccc23)NC(=O)[C@@H]2CSSC[C@H](NC(=O)[C@H](CCC(=O)O)NC(=O)[C@H](Cc3c[nH]c4ccccc34)NC(=O)CN(CCNC([CH2-])=O)CCNC([CH2-])=O)C(=O)N3CCCC3C(=O)N[C@@H](Cc3ccc(O)cc3)C(=O)NCC(=O)N[C@@H](CC(C)C)C(=O)N2)C(C)CC)c1.[Gd].[Gd].[Gd].[Gd]. The average molecular weight is 2590 g/mol. The van der Waals surface area contributed by atoms with Crippen molar-refractivity contribution in [1.29, 1.82) is 0 Å². The van der Waals surface area contributed by atoms with Crippen molar-refractivity contribution in [2.45, 2.75) is 172 Å². The quantitative estimate of drug-likeness (QED) is 0.0142. The number of rotatable bonds is 48. The number of phenolic OH excluding ortho intramolecular Hbond substituents is 1. The molecule has 0 aliphatic carbocycles. The van der Waals surface area contributed by atoms with Crippen LogP contribution in [0, 0.1) is 199 Å². The number of H-pyrrole nitrogens is 2. The minimum Gasteiger partial charge on any atom is -0.508 e. The number of carboxylic acid groups (broad SMARTS) is 1. The molecule has 2 unspecified atom stereocenters. The number of hydrogen-bond acceptors (Lipinski definition) is 24. The van der Waals surface area contributed by atoms with E-state index < -0.39 is 210 Å². The number of benzene rings is 4. The number of aromatic amines is 2. The molecule has 0 bridgehead atoms. The van der Waals surface area contributed by atoms with Gasteiger partial charge < -0.3 is 163 Å². The largest absolute Gasteiger partial charge is 0.508 e. The smallest absolute Gasteiger partial charge is 0.303 e. The number of carboxylic acids is 1. The van der Waals surface area contributed by atoms with Gasteiger partial charge in [-0.3, -0.25) is 81.7 Å². The normalized spacial score (nSPS) is 16.9. The number of aromatic hydroxyl groups is 1.